The predicted octanol–water partition coefficient (Wildman–Crippen LogP) is 7.70. The van der Waals surface area contributed by atoms with E-state index in [1.807, 2.05) is 0 Å². The number of ether oxygens (including phenoxy) is 1. The standard InChI is InChI=1S/C31H53BO4/c1-20(9-14-27(33)34-8)24-12-13-25-23-11-10-21-19-22(32-35-28(2,3)29(4,5)36-32)15-17-30(21,6)26(23)16-18-31(24,25)7/h20-26H,9-19H2,1-8H3/t20-,21-,22-,23+,24-,25+,26+,30+,31-/m1/s1. The molecule has 5 heteroatoms. The highest BCUT2D eigenvalue weighted by molar-refractivity contribution is 6.47. The largest absolute Gasteiger partial charge is 0.469 e. The van der Waals surface area contributed by atoms with Crippen molar-refractivity contribution in [1.29, 1.82) is 0 Å². The number of fused-ring (bicyclic) bond motifs is 5. The molecule has 0 aromatic carbocycles. The fourth-order valence-corrected chi connectivity index (χ4v) is 10.2. The molecule has 0 spiro atoms. The minimum Gasteiger partial charge on any atom is -0.469 e. The summed E-state index contributed by atoms with van der Waals surface area (Å²) in [7, 11) is 1.48. The van der Waals surface area contributed by atoms with Gasteiger partial charge in [0.1, 0.15) is 0 Å². The normalized spacial score (nSPS) is 45.9. The number of carbonyl (C=O) groups excluding carboxylic acids is 1. The van der Waals surface area contributed by atoms with Gasteiger partial charge in [-0.2, -0.15) is 0 Å². The first kappa shape index (κ1) is 27.0. The molecule has 5 aliphatic rings. The van der Waals surface area contributed by atoms with Crippen LogP contribution >= 0.6 is 0 Å². The van der Waals surface area contributed by atoms with Crippen LogP contribution in [-0.2, 0) is 18.8 Å². The highest BCUT2D eigenvalue weighted by Gasteiger charge is 2.62. The van der Waals surface area contributed by atoms with Crippen LogP contribution in [0, 0.1) is 46.3 Å². The number of methoxy groups -OCH3 is 1. The van der Waals surface area contributed by atoms with Crippen molar-refractivity contribution in [2.24, 2.45) is 46.3 Å². The molecule has 0 amide bonds. The molecule has 36 heavy (non-hydrogen) atoms. The summed E-state index contributed by atoms with van der Waals surface area (Å²) < 4.78 is 18.0. The number of esters is 1. The van der Waals surface area contributed by atoms with Crippen molar-refractivity contribution in [1.82, 2.24) is 0 Å². The van der Waals surface area contributed by atoms with Gasteiger partial charge in [-0.25, -0.2) is 0 Å². The molecule has 5 rings (SSSR count). The summed E-state index contributed by atoms with van der Waals surface area (Å²) in [6, 6.07) is 0. The molecule has 4 nitrogen and oxygen atoms in total. The van der Waals surface area contributed by atoms with Gasteiger partial charge in [0.25, 0.3) is 0 Å². The molecule has 0 radical (unpaired) electrons. The SMILES string of the molecule is COC(=O)CC[C@@H](C)[C@H]1CC[C@H]2[C@@H]3CC[C@@H]4C[C@H](B5OC(C)(C)C(C)(C)O5)CC[C@]4(C)[C@H]3CC[C@]12C. The maximum Gasteiger partial charge on any atom is 0.461 e. The molecule has 1 aliphatic heterocycles. The molecular weight excluding hydrogens is 447 g/mol. The highest BCUT2D eigenvalue weighted by atomic mass is 16.7. The molecule has 9 atom stereocenters. The molecule has 0 unspecified atom stereocenters. The van der Waals surface area contributed by atoms with Gasteiger partial charge in [-0.15, -0.1) is 0 Å². The molecule has 204 valence electrons. The second-order valence-electron chi connectivity index (χ2n) is 15.1. The number of hydrogen-bond donors (Lipinski definition) is 0. The highest BCUT2D eigenvalue weighted by Crippen LogP contribution is 2.69. The van der Waals surface area contributed by atoms with E-state index in [1.54, 1.807) is 0 Å². The quantitative estimate of drug-likeness (QED) is 0.287. The fourth-order valence-electron chi connectivity index (χ4n) is 10.2. The van der Waals surface area contributed by atoms with E-state index in [9.17, 15) is 4.79 Å². The minimum atomic E-state index is -0.225. The minimum absolute atomic E-state index is 0.0333. The van der Waals surface area contributed by atoms with Crippen molar-refractivity contribution in [2.75, 3.05) is 7.11 Å². The topological polar surface area (TPSA) is 44.8 Å². The van der Waals surface area contributed by atoms with E-state index < -0.39 is 0 Å². The molecule has 0 aromatic rings. The van der Waals surface area contributed by atoms with Crippen LogP contribution in [-0.4, -0.2) is 31.4 Å². The zero-order chi connectivity index (χ0) is 26.1. The van der Waals surface area contributed by atoms with Gasteiger partial charge in [0, 0.05) is 6.42 Å². The first-order valence-electron chi connectivity index (χ1n) is 15.2. The molecule has 1 saturated heterocycles. The van der Waals surface area contributed by atoms with Crippen LogP contribution in [0.2, 0.25) is 5.82 Å². The molecular formula is C31H53BO4. The van der Waals surface area contributed by atoms with Crippen molar-refractivity contribution >= 4 is 13.1 Å². The molecule has 1 heterocycles. The van der Waals surface area contributed by atoms with Gasteiger partial charge < -0.3 is 14.0 Å². The van der Waals surface area contributed by atoms with E-state index in [2.05, 4.69) is 48.5 Å². The average molecular weight is 501 g/mol. The lowest BCUT2D eigenvalue weighted by Crippen LogP contribution is -2.54. The van der Waals surface area contributed by atoms with Crippen molar-refractivity contribution in [3.05, 3.63) is 0 Å². The lowest BCUT2D eigenvalue weighted by molar-refractivity contribution is -0.141. The van der Waals surface area contributed by atoms with Gasteiger partial charge in [0.2, 0.25) is 0 Å². The Morgan fingerprint density at radius 3 is 2.19 bits per heavy atom. The second-order valence-corrected chi connectivity index (χ2v) is 15.1. The van der Waals surface area contributed by atoms with Crippen molar-refractivity contribution < 1.29 is 18.8 Å². The van der Waals surface area contributed by atoms with Crippen LogP contribution in [0.15, 0.2) is 0 Å². The van der Waals surface area contributed by atoms with Crippen LogP contribution < -0.4 is 0 Å². The third-order valence-corrected chi connectivity index (χ3v) is 13.2. The maximum atomic E-state index is 11.8. The first-order chi connectivity index (χ1) is 16.8. The molecule has 0 N–H and O–H groups in total. The molecule has 4 saturated carbocycles. The van der Waals surface area contributed by atoms with Crippen LogP contribution in [0.3, 0.4) is 0 Å². The van der Waals surface area contributed by atoms with Crippen LogP contribution in [0.4, 0.5) is 0 Å². The van der Waals surface area contributed by atoms with E-state index in [0.717, 1.165) is 36.0 Å². The summed E-state index contributed by atoms with van der Waals surface area (Å²) in [5.41, 5.74) is 0.493. The van der Waals surface area contributed by atoms with Crippen molar-refractivity contribution in [3.8, 4) is 0 Å². The zero-order valence-electron chi connectivity index (χ0n) is 24.5. The zero-order valence-corrected chi connectivity index (χ0v) is 24.5. The summed E-state index contributed by atoms with van der Waals surface area (Å²) in [4.78, 5) is 11.8. The lowest BCUT2D eigenvalue weighted by Gasteiger charge is -2.61. The monoisotopic (exact) mass is 500 g/mol. The summed E-state index contributed by atoms with van der Waals surface area (Å²) in [5.74, 6) is 5.34. The lowest BCUT2D eigenvalue weighted by atomic mass is 9.42. The van der Waals surface area contributed by atoms with Gasteiger partial charge in [-0.05, 0) is 138 Å². The van der Waals surface area contributed by atoms with Gasteiger partial charge >= 0.3 is 13.1 Å². The fraction of sp³-hybridized carbons (Fsp3) is 0.968. The van der Waals surface area contributed by atoms with Crippen molar-refractivity contribution in [3.63, 3.8) is 0 Å². The van der Waals surface area contributed by atoms with Crippen LogP contribution in [0.25, 0.3) is 0 Å². The van der Waals surface area contributed by atoms with Gasteiger partial charge in [-0.1, -0.05) is 27.2 Å². The third kappa shape index (κ3) is 4.21. The van der Waals surface area contributed by atoms with E-state index in [4.69, 9.17) is 14.0 Å². The summed E-state index contributed by atoms with van der Waals surface area (Å²) >= 11 is 0. The first-order valence-corrected chi connectivity index (χ1v) is 15.2. The molecule has 4 aliphatic carbocycles. The molecule has 0 aromatic heterocycles. The van der Waals surface area contributed by atoms with Crippen molar-refractivity contribution in [2.45, 2.75) is 136 Å². The van der Waals surface area contributed by atoms with Crippen LogP contribution in [0.1, 0.15) is 119 Å². The second kappa shape index (κ2) is 9.28. The Kier molecular flexibility index (Phi) is 6.97. The van der Waals surface area contributed by atoms with Gasteiger partial charge in [0.15, 0.2) is 0 Å². The number of rotatable bonds is 5. The number of carbonyl (C=O) groups is 1. The Hall–Kier alpha value is -0.545. The molecule has 5 fully saturated rings. The Balaban J connectivity index is 1.26. The van der Waals surface area contributed by atoms with Gasteiger partial charge in [0.05, 0.1) is 18.3 Å². The average Bonchev–Trinajstić information content (AvgIpc) is 3.28. The maximum absolute atomic E-state index is 11.8. The molecule has 0 bridgehead atoms. The Morgan fingerprint density at radius 1 is 0.889 bits per heavy atom. The van der Waals surface area contributed by atoms with Gasteiger partial charge in [-0.3, -0.25) is 4.79 Å². The summed E-state index contributed by atoms with van der Waals surface area (Å²) in [6.07, 6.45) is 13.8. The van der Waals surface area contributed by atoms with E-state index >= 15 is 0 Å². The Labute approximate surface area is 221 Å². The smallest absolute Gasteiger partial charge is 0.461 e. The Morgan fingerprint density at radius 2 is 1.53 bits per heavy atom. The van der Waals surface area contributed by atoms with E-state index in [0.29, 0.717) is 29.0 Å². The summed E-state index contributed by atoms with van der Waals surface area (Å²) in [6.45, 7) is 16.5. The third-order valence-electron chi connectivity index (χ3n) is 13.2. The van der Waals surface area contributed by atoms with Crippen LogP contribution in [0.5, 0.6) is 0 Å². The number of hydrogen-bond acceptors (Lipinski definition) is 4. The van der Waals surface area contributed by atoms with E-state index in [1.165, 1.54) is 64.9 Å². The van der Waals surface area contributed by atoms with E-state index in [-0.39, 0.29) is 24.3 Å². The Bertz CT molecular complexity index is 824. The predicted molar refractivity (Wildman–Crippen MR) is 145 cm³/mol. The summed E-state index contributed by atoms with van der Waals surface area (Å²) in [5, 5.41) is 0.